The number of amides is 1. The molecule has 1 amide bonds. The van der Waals surface area contributed by atoms with E-state index in [9.17, 15) is 14.0 Å². The summed E-state index contributed by atoms with van der Waals surface area (Å²) in [6.07, 6.45) is 0.194. The molecular formula is C25H19FN4O2S. The average Bonchev–Trinajstić information content (AvgIpc) is 2.84. The van der Waals surface area contributed by atoms with Crippen LogP contribution in [0.4, 0.5) is 10.1 Å². The van der Waals surface area contributed by atoms with Crippen LogP contribution in [-0.4, -0.2) is 27.8 Å². The highest BCUT2D eigenvalue weighted by Gasteiger charge is 2.19. The molecule has 1 aromatic heterocycles. The number of rotatable bonds is 7. The standard InChI is InChI=1S/C25H19FN4O2S/c26-18-11-13-20(14-12-18)30-24(32)21-9-4-5-10-22(21)28-25(30)33-17-23(31)29(16-6-15-27)19-7-2-1-3-8-19/h1-5,7-14H,6,16-17H2. The molecule has 1 heterocycles. The maximum absolute atomic E-state index is 13.5. The molecule has 0 atom stereocenters. The molecule has 3 aromatic carbocycles. The van der Waals surface area contributed by atoms with Gasteiger partial charge in [-0.1, -0.05) is 42.1 Å². The van der Waals surface area contributed by atoms with Gasteiger partial charge in [-0.05, 0) is 48.5 Å². The van der Waals surface area contributed by atoms with Crippen molar-refractivity contribution in [3.63, 3.8) is 0 Å². The van der Waals surface area contributed by atoms with Gasteiger partial charge < -0.3 is 4.90 Å². The molecular weight excluding hydrogens is 439 g/mol. The minimum absolute atomic E-state index is 0.00625. The first kappa shape index (κ1) is 22.2. The van der Waals surface area contributed by atoms with E-state index in [0.717, 1.165) is 11.8 Å². The van der Waals surface area contributed by atoms with Crippen molar-refractivity contribution < 1.29 is 9.18 Å². The zero-order valence-corrected chi connectivity index (χ0v) is 18.3. The molecule has 0 N–H and O–H groups in total. The first-order chi connectivity index (χ1) is 16.1. The molecule has 0 bridgehead atoms. The summed E-state index contributed by atoms with van der Waals surface area (Å²) in [5.74, 6) is -0.623. The van der Waals surface area contributed by atoms with E-state index in [1.165, 1.54) is 28.8 Å². The van der Waals surface area contributed by atoms with Gasteiger partial charge in [0.2, 0.25) is 5.91 Å². The van der Waals surface area contributed by atoms with Crippen molar-refractivity contribution in [1.29, 1.82) is 5.26 Å². The van der Waals surface area contributed by atoms with Crippen molar-refractivity contribution in [2.75, 3.05) is 17.2 Å². The number of carbonyl (C=O) groups is 1. The smallest absolute Gasteiger partial charge is 0.266 e. The fraction of sp³-hybridized carbons (Fsp3) is 0.120. The zero-order chi connectivity index (χ0) is 23.2. The third-order valence-corrected chi connectivity index (χ3v) is 5.89. The number of hydrogen-bond acceptors (Lipinski definition) is 5. The third-order valence-electron chi connectivity index (χ3n) is 4.97. The number of nitrogens with zero attached hydrogens (tertiary/aromatic N) is 4. The predicted molar refractivity (Wildman–Crippen MR) is 127 cm³/mol. The zero-order valence-electron chi connectivity index (χ0n) is 17.5. The molecule has 0 saturated carbocycles. The Morgan fingerprint density at radius 2 is 1.73 bits per heavy atom. The Labute approximate surface area is 193 Å². The van der Waals surface area contributed by atoms with E-state index in [4.69, 9.17) is 5.26 Å². The van der Waals surface area contributed by atoms with Gasteiger partial charge in [0.05, 0.1) is 34.8 Å². The van der Waals surface area contributed by atoms with E-state index < -0.39 is 5.82 Å². The van der Waals surface area contributed by atoms with Gasteiger partial charge in [-0.25, -0.2) is 9.37 Å². The number of thioether (sulfide) groups is 1. The highest BCUT2D eigenvalue weighted by atomic mass is 32.2. The molecule has 33 heavy (non-hydrogen) atoms. The normalized spacial score (nSPS) is 10.7. The van der Waals surface area contributed by atoms with Gasteiger partial charge in [-0.15, -0.1) is 0 Å². The molecule has 8 heteroatoms. The van der Waals surface area contributed by atoms with Crippen molar-refractivity contribution in [3.05, 3.63) is 95.0 Å². The van der Waals surface area contributed by atoms with Gasteiger partial charge in [-0.3, -0.25) is 14.2 Å². The first-order valence-corrected chi connectivity index (χ1v) is 11.2. The van der Waals surface area contributed by atoms with Gasteiger partial charge in [0.25, 0.3) is 5.56 Å². The van der Waals surface area contributed by atoms with Gasteiger partial charge in [-0.2, -0.15) is 5.26 Å². The molecule has 0 saturated heterocycles. The van der Waals surface area contributed by atoms with Crippen LogP contribution in [0, 0.1) is 17.1 Å². The average molecular weight is 459 g/mol. The molecule has 4 rings (SSSR count). The maximum atomic E-state index is 13.5. The summed E-state index contributed by atoms with van der Waals surface area (Å²) in [5.41, 5.74) is 1.37. The lowest BCUT2D eigenvalue weighted by Gasteiger charge is -2.22. The van der Waals surface area contributed by atoms with E-state index in [2.05, 4.69) is 11.1 Å². The molecule has 0 fully saturated rings. The van der Waals surface area contributed by atoms with E-state index in [0.29, 0.717) is 27.4 Å². The minimum atomic E-state index is -0.416. The van der Waals surface area contributed by atoms with Gasteiger partial charge in [0, 0.05) is 12.2 Å². The molecule has 6 nitrogen and oxygen atoms in total. The van der Waals surface area contributed by atoms with Crippen molar-refractivity contribution in [2.45, 2.75) is 11.6 Å². The molecule has 0 radical (unpaired) electrons. The van der Waals surface area contributed by atoms with Gasteiger partial charge in [0.15, 0.2) is 5.16 Å². The summed E-state index contributed by atoms with van der Waals surface area (Å²) in [6.45, 7) is 0.260. The Hall–Kier alpha value is -3.96. The summed E-state index contributed by atoms with van der Waals surface area (Å²) >= 11 is 1.12. The SMILES string of the molecule is N#CCCN(C(=O)CSc1nc2ccccc2c(=O)n1-c1ccc(F)cc1)c1ccccc1. The van der Waals surface area contributed by atoms with Crippen LogP contribution in [0.25, 0.3) is 16.6 Å². The predicted octanol–water partition coefficient (Wildman–Crippen LogP) is 4.56. The summed E-state index contributed by atoms with van der Waals surface area (Å²) in [6, 6.07) is 23.7. The second kappa shape index (κ2) is 10.1. The number of fused-ring (bicyclic) bond motifs is 1. The van der Waals surface area contributed by atoms with Gasteiger partial charge >= 0.3 is 0 Å². The quantitative estimate of drug-likeness (QED) is 0.300. The molecule has 0 aliphatic heterocycles. The second-order valence-corrected chi connectivity index (χ2v) is 8.05. The summed E-state index contributed by atoms with van der Waals surface area (Å²) in [5, 5.41) is 9.75. The number of nitriles is 1. The molecule has 0 aliphatic carbocycles. The Kier molecular flexibility index (Phi) is 6.81. The summed E-state index contributed by atoms with van der Waals surface area (Å²) in [4.78, 5) is 32.5. The summed E-state index contributed by atoms with van der Waals surface area (Å²) in [7, 11) is 0. The Morgan fingerprint density at radius 3 is 2.45 bits per heavy atom. The van der Waals surface area contributed by atoms with Crippen LogP contribution in [0.3, 0.4) is 0 Å². The minimum Gasteiger partial charge on any atom is -0.311 e. The number of para-hydroxylation sites is 2. The topological polar surface area (TPSA) is 79.0 Å². The Bertz CT molecular complexity index is 1380. The van der Waals surface area contributed by atoms with Crippen molar-refractivity contribution in [1.82, 2.24) is 9.55 Å². The van der Waals surface area contributed by atoms with Crippen molar-refractivity contribution in [2.24, 2.45) is 0 Å². The van der Waals surface area contributed by atoms with Crippen LogP contribution in [0.1, 0.15) is 6.42 Å². The first-order valence-electron chi connectivity index (χ1n) is 10.2. The van der Waals surface area contributed by atoms with Crippen molar-refractivity contribution in [3.8, 4) is 11.8 Å². The van der Waals surface area contributed by atoms with Crippen molar-refractivity contribution >= 4 is 34.3 Å². The molecule has 164 valence electrons. The second-order valence-electron chi connectivity index (χ2n) is 7.11. The summed E-state index contributed by atoms with van der Waals surface area (Å²) < 4.78 is 14.9. The van der Waals surface area contributed by atoms with Gasteiger partial charge in [0.1, 0.15) is 5.82 Å². The van der Waals surface area contributed by atoms with E-state index in [-0.39, 0.29) is 30.2 Å². The number of carbonyl (C=O) groups excluding carboxylic acids is 1. The highest BCUT2D eigenvalue weighted by Crippen LogP contribution is 2.23. The number of aromatic nitrogens is 2. The monoisotopic (exact) mass is 458 g/mol. The van der Waals surface area contributed by atoms with E-state index >= 15 is 0 Å². The van der Waals surface area contributed by atoms with Crippen LogP contribution in [0.15, 0.2) is 88.8 Å². The lowest BCUT2D eigenvalue weighted by atomic mass is 10.2. The fourth-order valence-corrected chi connectivity index (χ4v) is 4.29. The van der Waals surface area contributed by atoms with Crippen LogP contribution in [0.2, 0.25) is 0 Å². The fourth-order valence-electron chi connectivity index (χ4n) is 3.40. The molecule has 0 unspecified atom stereocenters. The van der Waals surface area contributed by atoms with Crippen LogP contribution < -0.4 is 10.5 Å². The maximum Gasteiger partial charge on any atom is 0.266 e. The van der Waals surface area contributed by atoms with Crippen LogP contribution >= 0.6 is 11.8 Å². The number of hydrogen-bond donors (Lipinski definition) is 0. The largest absolute Gasteiger partial charge is 0.311 e. The van der Waals surface area contributed by atoms with E-state index in [1.54, 1.807) is 29.2 Å². The lowest BCUT2D eigenvalue weighted by molar-refractivity contribution is -0.116. The Morgan fingerprint density at radius 1 is 1.03 bits per heavy atom. The van der Waals surface area contributed by atoms with Crippen LogP contribution in [-0.2, 0) is 4.79 Å². The highest BCUT2D eigenvalue weighted by molar-refractivity contribution is 7.99. The number of anilines is 1. The molecule has 4 aromatic rings. The number of benzene rings is 3. The molecule has 0 aliphatic rings. The van der Waals surface area contributed by atoms with E-state index in [1.807, 2.05) is 30.3 Å². The number of halogens is 1. The van der Waals surface area contributed by atoms with Crippen LogP contribution in [0.5, 0.6) is 0 Å². The third kappa shape index (κ3) is 4.94. The molecule has 0 spiro atoms. The Balaban J connectivity index is 1.69. The lowest BCUT2D eigenvalue weighted by Crippen LogP contribution is -2.33.